The number of ether oxygens (including phenoxy) is 1. The van der Waals surface area contributed by atoms with E-state index in [1.165, 1.54) is 0 Å². The smallest absolute Gasteiger partial charge is 0.319 e. The molecule has 0 unspecified atom stereocenters. The lowest BCUT2D eigenvalue weighted by Gasteiger charge is -2.43. The van der Waals surface area contributed by atoms with Crippen molar-refractivity contribution in [3.8, 4) is 5.75 Å². The second-order valence-electron chi connectivity index (χ2n) is 6.61. The van der Waals surface area contributed by atoms with E-state index in [-0.39, 0.29) is 11.6 Å². The van der Waals surface area contributed by atoms with Gasteiger partial charge in [-0.2, -0.15) is 0 Å². The molecule has 0 radical (unpaired) electrons. The van der Waals surface area contributed by atoms with Gasteiger partial charge in [-0.15, -0.1) is 0 Å². The number of rotatable bonds is 5. The summed E-state index contributed by atoms with van der Waals surface area (Å²) in [5.74, 6) is 0.654. The molecule has 2 N–H and O–H groups in total. The van der Waals surface area contributed by atoms with E-state index in [4.69, 9.17) is 4.74 Å². The number of nitrogens with zero attached hydrogens (tertiary/aromatic N) is 2. The second kappa shape index (κ2) is 7.66. The maximum Gasteiger partial charge on any atom is 0.319 e. The first-order valence-corrected chi connectivity index (χ1v) is 8.04. The van der Waals surface area contributed by atoms with Crippen LogP contribution in [0.5, 0.6) is 5.75 Å². The maximum absolute atomic E-state index is 12.2. The first-order valence-electron chi connectivity index (χ1n) is 8.04. The molecule has 1 fully saturated rings. The zero-order valence-electron chi connectivity index (χ0n) is 14.6. The first kappa shape index (κ1) is 17.6. The van der Waals surface area contributed by atoms with Gasteiger partial charge in [-0.25, -0.2) is 4.79 Å². The first-order chi connectivity index (χ1) is 10.9. The molecule has 6 nitrogen and oxygen atoms in total. The summed E-state index contributed by atoms with van der Waals surface area (Å²) < 4.78 is 5.24. The van der Waals surface area contributed by atoms with Crippen LogP contribution in [0.3, 0.4) is 0 Å². The van der Waals surface area contributed by atoms with E-state index < -0.39 is 0 Å². The van der Waals surface area contributed by atoms with Gasteiger partial charge in [0.15, 0.2) is 0 Å². The summed E-state index contributed by atoms with van der Waals surface area (Å²) in [6, 6.07) is 7.18. The molecule has 6 heteroatoms. The number of urea groups is 1. The summed E-state index contributed by atoms with van der Waals surface area (Å²) in [6.07, 6.45) is 0. The molecule has 1 aromatic carbocycles. The molecule has 1 aliphatic rings. The van der Waals surface area contributed by atoms with E-state index >= 15 is 0 Å². The molecule has 1 aromatic rings. The summed E-state index contributed by atoms with van der Waals surface area (Å²) >= 11 is 0. The Morgan fingerprint density at radius 1 is 1.22 bits per heavy atom. The molecule has 128 valence electrons. The summed E-state index contributed by atoms with van der Waals surface area (Å²) in [4.78, 5) is 16.9. The van der Waals surface area contributed by atoms with Crippen molar-refractivity contribution in [2.45, 2.75) is 19.4 Å². The van der Waals surface area contributed by atoms with Crippen molar-refractivity contribution in [1.29, 1.82) is 0 Å². The van der Waals surface area contributed by atoms with E-state index in [0.717, 1.165) is 26.2 Å². The Kier molecular flexibility index (Phi) is 5.85. The normalized spacial score (nSPS) is 16.9. The summed E-state index contributed by atoms with van der Waals surface area (Å²) in [5, 5.41) is 5.81. The van der Waals surface area contributed by atoms with E-state index in [2.05, 4.69) is 41.3 Å². The summed E-state index contributed by atoms with van der Waals surface area (Å²) in [7, 11) is 3.73. The van der Waals surface area contributed by atoms with Gasteiger partial charge in [-0.3, -0.25) is 4.90 Å². The number of carbonyl (C=O) groups is 1. The lowest BCUT2D eigenvalue weighted by Crippen LogP contribution is -2.58. The average molecular weight is 320 g/mol. The molecule has 2 rings (SSSR count). The number of piperazine rings is 1. The minimum Gasteiger partial charge on any atom is -0.495 e. The fourth-order valence-corrected chi connectivity index (χ4v) is 2.73. The standard InChI is InChI=1S/C17H28N4O2/c1-17(2,21-11-9-20(3)10-12-21)13-18-16(22)19-14-7-5-6-8-15(14)23-4/h5-8H,9-13H2,1-4H3,(H2,18,19,22). The highest BCUT2D eigenvalue weighted by Gasteiger charge is 2.29. The van der Waals surface area contributed by atoms with Crippen LogP contribution >= 0.6 is 0 Å². The molecular weight excluding hydrogens is 292 g/mol. The van der Waals surface area contributed by atoms with E-state index in [1.54, 1.807) is 7.11 Å². The summed E-state index contributed by atoms with van der Waals surface area (Å²) in [6.45, 7) is 9.12. The van der Waals surface area contributed by atoms with Crippen LogP contribution in [-0.4, -0.2) is 68.3 Å². The minimum absolute atomic E-state index is 0.0701. The minimum atomic E-state index is -0.211. The van der Waals surface area contributed by atoms with Gasteiger partial charge in [-0.05, 0) is 33.0 Å². The molecular formula is C17H28N4O2. The van der Waals surface area contributed by atoms with Gasteiger partial charge in [0.2, 0.25) is 0 Å². The monoisotopic (exact) mass is 320 g/mol. The molecule has 0 aliphatic carbocycles. The van der Waals surface area contributed by atoms with Crippen LogP contribution in [0.15, 0.2) is 24.3 Å². The number of anilines is 1. The Morgan fingerprint density at radius 3 is 2.52 bits per heavy atom. The molecule has 2 amide bonds. The highest BCUT2D eigenvalue weighted by atomic mass is 16.5. The Labute approximate surface area is 138 Å². The highest BCUT2D eigenvalue weighted by molar-refractivity contribution is 5.90. The number of likely N-dealkylation sites (N-methyl/N-ethyl adjacent to an activating group) is 1. The SMILES string of the molecule is COc1ccccc1NC(=O)NCC(C)(C)N1CCN(C)CC1. The zero-order valence-corrected chi connectivity index (χ0v) is 14.6. The lowest BCUT2D eigenvalue weighted by atomic mass is 10.0. The van der Waals surface area contributed by atoms with Gasteiger partial charge in [0.25, 0.3) is 0 Å². The second-order valence-corrected chi connectivity index (χ2v) is 6.61. The van der Waals surface area contributed by atoms with Crippen molar-refractivity contribution in [1.82, 2.24) is 15.1 Å². The zero-order chi connectivity index (χ0) is 16.9. The fraction of sp³-hybridized carbons (Fsp3) is 0.588. The van der Waals surface area contributed by atoms with E-state index in [9.17, 15) is 4.79 Å². The van der Waals surface area contributed by atoms with Crippen molar-refractivity contribution in [2.75, 3.05) is 52.2 Å². The van der Waals surface area contributed by atoms with Crippen LogP contribution in [0, 0.1) is 0 Å². The van der Waals surface area contributed by atoms with Gasteiger partial charge >= 0.3 is 6.03 Å². The fourth-order valence-electron chi connectivity index (χ4n) is 2.73. The van der Waals surface area contributed by atoms with Crippen molar-refractivity contribution in [3.63, 3.8) is 0 Å². The predicted octanol–water partition coefficient (Wildman–Crippen LogP) is 1.84. The quantitative estimate of drug-likeness (QED) is 0.869. The van der Waals surface area contributed by atoms with E-state index in [0.29, 0.717) is 18.0 Å². The van der Waals surface area contributed by atoms with Gasteiger partial charge in [-0.1, -0.05) is 12.1 Å². The summed E-state index contributed by atoms with van der Waals surface area (Å²) in [5.41, 5.74) is 0.601. The van der Waals surface area contributed by atoms with Gasteiger partial charge < -0.3 is 20.3 Å². The molecule has 0 bridgehead atoms. The third-order valence-electron chi connectivity index (χ3n) is 4.40. The maximum atomic E-state index is 12.2. The number of para-hydroxylation sites is 2. The third kappa shape index (κ3) is 4.84. The number of nitrogens with one attached hydrogen (secondary N) is 2. The number of benzene rings is 1. The Morgan fingerprint density at radius 2 is 1.87 bits per heavy atom. The molecule has 0 atom stereocenters. The molecule has 1 saturated heterocycles. The highest BCUT2D eigenvalue weighted by Crippen LogP contribution is 2.23. The van der Waals surface area contributed by atoms with Gasteiger partial charge in [0.05, 0.1) is 12.8 Å². The largest absolute Gasteiger partial charge is 0.495 e. The number of hydrogen-bond acceptors (Lipinski definition) is 4. The van der Waals surface area contributed by atoms with Gasteiger partial charge in [0, 0.05) is 38.3 Å². The predicted molar refractivity (Wildman–Crippen MR) is 93.2 cm³/mol. The van der Waals surface area contributed by atoms with Crippen LogP contribution < -0.4 is 15.4 Å². The molecule has 23 heavy (non-hydrogen) atoms. The van der Waals surface area contributed by atoms with Crippen molar-refractivity contribution in [2.24, 2.45) is 0 Å². The molecule has 0 saturated carbocycles. The van der Waals surface area contributed by atoms with Crippen molar-refractivity contribution in [3.05, 3.63) is 24.3 Å². The number of methoxy groups -OCH3 is 1. The Balaban J connectivity index is 1.85. The van der Waals surface area contributed by atoms with Gasteiger partial charge in [0.1, 0.15) is 5.75 Å². The topological polar surface area (TPSA) is 56.8 Å². The van der Waals surface area contributed by atoms with E-state index in [1.807, 2.05) is 24.3 Å². The lowest BCUT2D eigenvalue weighted by molar-refractivity contribution is 0.0636. The molecule has 1 heterocycles. The van der Waals surface area contributed by atoms with Crippen molar-refractivity contribution >= 4 is 11.7 Å². The van der Waals surface area contributed by atoms with Crippen molar-refractivity contribution < 1.29 is 9.53 Å². The van der Waals surface area contributed by atoms with Crippen LogP contribution in [0.4, 0.5) is 10.5 Å². The number of hydrogen-bond donors (Lipinski definition) is 2. The third-order valence-corrected chi connectivity index (χ3v) is 4.40. The van der Waals surface area contributed by atoms with Crippen LogP contribution in [0.2, 0.25) is 0 Å². The average Bonchev–Trinajstić information content (AvgIpc) is 2.54. The Bertz CT molecular complexity index is 525. The Hall–Kier alpha value is -1.79. The van der Waals surface area contributed by atoms with Crippen LogP contribution in [-0.2, 0) is 0 Å². The molecule has 1 aliphatic heterocycles. The van der Waals surface area contributed by atoms with Crippen LogP contribution in [0.1, 0.15) is 13.8 Å². The number of carbonyl (C=O) groups excluding carboxylic acids is 1. The number of amides is 2. The molecule has 0 spiro atoms. The van der Waals surface area contributed by atoms with Crippen LogP contribution in [0.25, 0.3) is 0 Å². The molecule has 0 aromatic heterocycles.